The smallest absolute Gasteiger partial charge is 0.161 e. The largest absolute Gasteiger partial charge is 0.317 e. The lowest BCUT2D eigenvalue weighted by molar-refractivity contribution is 0.376. The van der Waals surface area contributed by atoms with E-state index < -0.39 is 0 Å². The maximum absolute atomic E-state index is 5.30. The van der Waals surface area contributed by atoms with Crippen molar-refractivity contribution in [2.24, 2.45) is 0 Å². The van der Waals surface area contributed by atoms with Crippen LogP contribution in [0.3, 0.4) is 0 Å². The third-order valence-electron chi connectivity index (χ3n) is 6.96. The Morgan fingerprint density at radius 3 is 2.47 bits per heavy atom. The van der Waals surface area contributed by atoms with Crippen molar-refractivity contribution in [3.8, 4) is 21.8 Å². The molecule has 4 heterocycles. The number of hydrogen-bond acceptors (Lipinski definition) is 4. The van der Waals surface area contributed by atoms with Gasteiger partial charge in [-0.1, -0.05) is 54.6 Å². The summed E-state index contributed by atoms with van der Waals surface area (Å²) in [6.07, 6.45) is 4.12. The molecular weight excluding hydrogens is 436 g/mol. The quantitative estimate of drug-likeness (QED) is 0.307. The monoisotopic (exact) mass is 460 g/mol. The molecule has 0 unspecified atom stereocenters. The summed E-state index contributed by atoms with van der Waals surface area (Å²) in [5.74, 6) is 1.05. The average Bonchev–Trinajstić information content (AvgIpc) is 3.50. The molecule has 0 bridgehead atoms. The van der Waals surface area contributed by atoms with Crippen molar-refractivity contribution in [3.63, 3.8) is 0 Å². The minimum absolute atomic E-state index is 0.394. The van der Waals surface area contributed by atoms with Gasteiger partial charge in [-0.2, -0.15) is 0 Å². The normalized spacial score (nSPS) is 14.9. The molecule has 0 aliphatic carbocycles. The molecule has 1 aliphatic rings. The van der Waals surface area contributed by atoms with Crippen LogP contribution in [0, 0.1) is 0 Å². The number of imidazole rings is 1. The molecular formula is C29H24N4S. The molecule has 1 fully saturated rings. The molecule has 34 heavy (non-hydrogen) atoms. The van der Waals surface area contributed by atoms with Gasteiger partial charge in [0, 0.05) is 22.5 Å². The Balaban J connectivity index is 1.48. The van der Waals surface area contributed by atoms with Crippen LogP contribution in [-0.4, -0.2) is 27.6 Å². The van der Waals surface area contributed by atoms with Gasteiger partial charge in [0.2, 0.25) is 0 Å². The number of hydrogen-bond donors (Lipinski definition) is 1. The summed E-state index contributed by atoms with van der Waals surface area (Å²) >= 11 is 1.82. The number of pyridine rings is 1. The van der Waals surface area contributed by atoms with E-state index in [1.54, 1.807) is 0 Å². The molecule has 4 nitrogen and oxygen atoms in total. The zero-order chi connectivity index (χ0) is 22.5. The Bertz CT molecular complexity index is 1620. The molecule has 0 atom stereocenters. The molecule has 166 valence electrons. The fraction of sp³-hybridized carbons (Fsp3) is 0.172. The number of aromatic nitrogens is 3. The van der Waals surface area contributed by atoms with E-state index in [1.165, 1.54) is 31.3 Å². The first-order valence-electron chi connectivity index (χ1n) is 11.9. The van der Waals surface area contributed by atoms with E-state index in [1.807, 2.05) is 17.5 Å². The lowest BCUT2D eigenvalue weighted by atomic mass is 10.0. The van der Waals surface area contributed by atoms with Gasteiger partial charge >= 0.3 is 0 Å². The number of nitrogens with one attached hydrogen (secondary N) is 1. The van der Waals surface area contributed by atoms with Crippen molar-refractivity contribution in [1.29, 1.82) is 0 Å². The maximum Gasteiger partial charge on any atom is 0.161 e. The van der Waals surface area contributed by atoms with Crippen molar-refractivity contribution in [1.82, 2.24) is 19.9 Å². The summed E-state index contributed by atoms with van der Waals surface area (Å²) in [6.45, 7) is 2.06. The molecule has 0 radical (unpaired) electrons. The first-order valence-corrected chi connectivity index (χ1v) is 12.7. The number of rotatable bonds is 3. The summed E-state index contributed by atoms with van der Waals surface area (Å²) in [7, 11) is 0. The molecule has 1 aliphatic heterocycles. The van der Waals surface area contributed by atoms with Gasteiger partial charge in [0.05, 0.1) is 4.88 Å². The topological polar surface area (TPSA) is 42.7 Å². The van der Waals surface area contributed by atoms with Crippen LogP contribution in [0.5, 0.6) is 0 Å². The predicted molar refractivity (Wildman–Crippen MR) is 142 cm³/mol. The van der Waals surface area contributed by atoms with Crippen LogP contribution in [0.4, 0.5) is 0 Å². The SMILES string of the molecule is c1ccc2cc(-c3ccnc4c3nc(-c3cc5ccccc5s3)n4C3CCNCC3)ccc2c1. The van der Waals surface area contributed by atoms with E-state index in [-0.39, 0.29) is 0 Å². The van der Waals surface area contributed by atoms with Crippen molar-refractivity contribution in [3.05, 3.63) is 85.1 Å². The van der Waals surface area contributed by atoms with Gasteiger partial charge in [-0.25, -0.2) is 9.97 Å². The summed E-state index contributed by atoms with van der Waals surface area (Å²) in [5, 5.41) is 7.28. The zero-order valence-electron chi connectivity index (χ0n) is 18.7. The van der Waals surface area contributed by atoms with E-state index in [4.69, 9.17) is 9.97 Å². The Labute approximate surface area is 201 Å². The molecule has 0 spiro atoms. The van der Waals surface area contributed by atoms with Crippen LogP contribution in [0.2, 0.25) is 0 Å². The van der Waals surface area contributed by atoms with Gasteiger partial charge in [-0.05, 0) is 71.9 Å². The highest BCUT2D eigenvalue weighted by Crippen LogP contribution is 2.39. The van der Waals surface area contributed by atoms with Gasteiger partial charge in [0.25, 0.3) is 0 Å². The van der Waals surface area contributed by atoms with Gasteiger partial charge in [0.15, 0.2) is 11.5 Å². The van der Waals surface area contributed by atoms with E-state index in [2.05, 4.69) is 88.7 Å². The van der Waals surface area contributed by atoms with Crippen molar-refractivity contribution < 1.29 is 0 Å². The van der Waals surface area contributed by atoms with Crippen molar-refractivity contribution in [2.45, 2.75) is 18.9 Å². The van der Waals surface area contributed by atoms with Crippen LogP contribution < -0.4 is 5.32 Å². The van der Waals surface area contributed by atoms with Crippen LogP contribution in [0.25, 0.3) is 53.9 Å². The van der Waals surface area contributed by atoms with Crippen LogP contribution in [-0.2, 0) is 0 Å². The number of nitrogens with zero attached hydrogens (tertiary/aromatic N) is 3. The minimum Gasteiger partial charge on any atom is -0.317 e. The number of fused-ring (bicyclic) bond motifs is 3. The van der Waals surface area contributed by atoms with Crippen molar-refractivity contribution in [2.75, 3.05) is 13.1 Å². The number of thiophene rings is 1. The molecule has 0 saturated carbocycles. The Morgan fingerprint density at radius 1 is 0.824 bits per heavy atom. The van der Waals surface area contributed by atoms with Crippen molar-refractivity contribution >= 4 is 43.4 Å². The highest BCUT2D eigenvalue weighted by atomic mass is 32.1. The molecule has 5 heteroatoms. The van der Waals surface area contributed by atoms with Crippen LogP contribution in [0.1, 0.15) is 18.9 Å². The third kappa shape index (κ3) is 3.23. The second-order valence-electron chi connectivity index (χ2n) is 9.03. The van der Waals surface area contributed by atoms with Crippen LogP contribution >= 0.6 is 11.3 Å². The summed E-state index contributed by atoms with van der Waals surface area (Å²) in [4.78, 5) is 11.4. The van der Waals surface area contributed by atoms with E-state index >= 15 is 0 Å². The number of piperidine rings is 1. The fourth-order valence-electron chi connectivity index (χ4n) is 5.26. The van der Waals surface area contributed by atoms with Gasteiger partial charge < -0.3 is 9.88 Å². The summed E-state index contributed by atoms with van der Waals surface area (Å²) in [5.41, 5.74) is 4.31. The second kappa shape index (κ2) is 8.05. The minimum atomic E-state index is 0.394. The molecule has 1 saturated heterocycles. The highest BCUT2D eigenvalue weighted by molar-refractivity contribution is 7.22. The third-order valence-corrected chi connectivity index (χ3v) is 8.07. The molecule has 6 aromatic rings. The Hall–Kier alpha value is -3.54. The lowest BCUT2D eigenvalue weighted by Crippen LogP contribution is -2.29. The standard InChI is InChI=1S/C29H24N4S/c1-2-6-20-17-21(10-9-19(20)5-1)24-13-16-31-29-27(24)32-28(33(29)23-11-14-30-15-12-23)26-18-22-7-3-4-8-25(22)34-26/h1-10,13,16-18,23,30H,11-12,14-15H2. The first-order chi connectivity index (χ1) is 16.8. The fourth-order valence-corrected chi connectivity index (χ4v) is 6.31. The molecule has 3 aromatic heterocycles. The van der Waals surface area contributed by atoms with E-state index in [9.17, 15) is 0 Å². The molecule has 3 aromatic carbocycles. The lowest BCUT2D eigenvalue weighted by Gasteiger charge is -2.25. The highest BCUT2D eigenvalue weighted by Gasteiger charge is 2.25. The second-order valence-corrected chi connectivity index (χ2v) is 10.1. The molecule has 1 N–H and O–H groups in total. The molecule has 7 rings (SSSR count). The summed E-state index contributed by atoms with van der Waals surface area (Å²) < 4.78 is 3.72. The predicted octanol–water partition coefficient (Wildman–Crippen LogP) is 7.06. The Morgan fingerprint density at radius 2 is 1.62 bits per heavy atom. The zero-order valence-corrected chi connectivity index (χ0v) is 19.6. The molecule has 0 amide bonds. The Kier molecular flexibility index (Phi) is 4.71. The van der Waals surface area contributed by atoms with Gasteiger partial charge in [-0.15, -0.1) is 11.3 Å². The van der Waals surface area contributed by atoms with Crippen LogP contribution in [0.15, 0.2) is 85.1 Å². The summed E-state index contributed by atoms with van der Waals surface area (Å²) in [6, 6.07) is 28.6. The maximum atomic E-state index is 5.30. The van der Waals surface area contributed by atoms with E-state index in [0.717, 1.165) is 48.5 Å². The van der Waals surface area contributed by atoms with E-state index in [0.29, 0.717) is 6.04 Å². The van der Waals surface area contributed by atoms with Gasteiger partial charge in [0.1, 0.15) is 5.52 Å². The first kappa shape index (κ1) is 19.9. The number of benzene rings is 3. The van der Waals surface area contributed by atoms with Gasteiger partial charge in [-0.3, -0.25) is 0 Å². The average molecular weight is 461 g/mol.